The lowest BCUT2D eigenvalue weighted by Gasteiger charge is -2.23. The van der Waals surface area contributed by atoms with Crippen LogP contribution in [0.2, 0.25) is 10.0 Å². The van der Waals surface area contributed by atoms with Crippen molar-refractivity contribution in [3.8, 4) is 0 Å². The maximum atomic E-state index is 12.0. The molecule has 2 rings (SSSR count). The minimum Gasteiger partial charge on any atom is -0.351 e. The predicted molar refractivity (Wildman–Crippen MR) is 99.3 cm³/mol. The number of likely N-dealkylation sites (N-methyl/N-ethyl adjacent to an activating group) is 1. The zero-order valence-electron chi connectivity index (χ0n) is 12.9. The summed E-state index contributed by atoms with van der Waals surface area (Å²) in [5.74, 6) is -0.176. The van der Waals surface area contributed by atoms with Crippen molar-refractivity contribution in [3.63, 3.8) is 0 Å². The van der Waals surface area contributed by atoms with Crippen molar-refractivity contribution < 1.29 is 4.79 Å². The van der Waals surface area contributed by atoms with Crippen LogP contribution < -0.4 is 5.32 Å². The molecular weight excluding hydrogens is 351 g/mol. The fourth-order valence-electron chi connectivity index (χ4n) is 2.10. The van der Waals surface area contributed by atoms with Crippen molar-refractivity contribution in [2.24, 2.45) is 0 Å². The quantitative estimate of drug-likeness (QED) is 0.761. The number of benzene rings is 1. The lowest BCUT2D eigenvalue weighted by atomic mass is 10.2. The van der Waals surface area contributed by atoms with Crippen LogP contribution in [0.25, 0.3) is 6.08 Å². The van der Waals surface area contributed by atoms with Gasteiger partial charge < -0.3 is 10.2 Å². The first-order chi connectivity index (χ1) is 11.0. The van der Waals surface area contributed by atoms with Crippen LogP contribution in [0.1, 0.15) is 16.5 Å². The Morgan fingerprint density at radius 2 is 1.96 bits per heavy atom. The summed E-state index contributed by atoms with van der Waals surface area (Å²) in [4.78, 5) is 15.3. The molecular formula is C17H18Cl2N2OS. The Morgan fingerprint density at radius 3 is 2.52 bits per heavy atom. The fraction of sp³-hybridized carbons (Fsp3) is 0.235. The Labute approximate surface area is 150 Å². The number of hydrogen-bond acceptors (Lipinski definition) is 3. The molecule has 1 amide bonds. The number of nitrogens with zero attached hydrogens (tertiary/aromatic N) is 1. The number of nitrogens with one attached hydrogen (secondary N) is 1. The van der Waals surface area contributed by atoms with E-state index in [2.05, 4.69) is 16.3 Å². The van der Waals surface area contributed by atoms with E-state index < -0.39 is 0 Å². The van der Waals surface area contributed by atoms with Crippen LogP contribution in [0.3, 0.4) is 0 Å². The van der Waals surface area contributed by atoms with E-state index in [1.807, 2.05) is 25.5 Å². The molecule has 0 spiro atoms. The Kier molecular flexibility index (Phi) is 6.66. The second-order valence-corrected chi connectivity index (χ2v) is 7.00. The lowest BCUT2D eigenvalue weighted by molar-refractivity contribution is -0.116. The molecule has 1 atom stereocenters. The number of hydrogen-bond donors (Lipinski definition) is 1. The third-order valence-corrected chi connectivity index (χ3v) is 5.00. The number of rotatable bonds is 6. The summed E-state index contributed by atoms with van der Waals surface area (Å²) < 4.78 is 0. The zero-order valence-corrected chi connectivity index (χ0v) is 15.3. The molecule has 0 aliphatic carbocycles. The van der Waals surface area contributed by atoms with Crippen LogP contribution >= 0.6 is 34.5 Å². The molecule has 0 saturated heterocycles. The molecule has 122 valence electrons. The zero-order chi connectivity index (χ0) is 16.8. The maximum absolute atomic E-state index is 12.0. The molecule has 0 saturated carbocycles. The summed E-state index contributed by atoms with van der Waals surface area (Å²) >= 11 is 13.8. The smallest absolute Gasteiger partial charge is 0.244 e. The molecule has 1 unspecified atom stereocenters. The first-order valence-electron chi connectivity index (χ1n) is 7.09. The van der Waals surface area contributed by atoms with Crippen LogP contribution in [0.5, 0.6) is 0 Å². The summed E-state index contributed by atoms with van der Waals surface area (Å²) in [6, 6.07) is 9.48. The summed E-state index contributed by atoms with van der Waals surface area (Å²) in [5, 5.41) is 5.99. The van der Waals surface area contributed by atoms with Crippen LogP contribution in [0.15, 0.2) is 41.8 Å². The average Bonchev–Trinajstić information content (AvgIpc) is 3.00. The summed E-state index contributed by atoms with van der Waals surface area (Å²) in [6.07, 6.45) is 3.09. The van der Waals surface area contributed by atoms with Crippen molar-refractivity contribution in [2.75, 3.05) is 20.6 Å². The monoisotopic (exact) mass is 368 g/mol. The SMILES string of the molecule is CN(C)C(CNC(=O)/C=C/c1c(Cl)cccc1Cl)c1cccs1. The summed E-state index contributed by atoms with van der Waals surface area (Å²) in [7, 11) is 3.99. The topological polar surface area (TPSA) is 32.3 Å². The van der Waals surface area contributed by atoms with Gasteiger partial charge in [0.05, 0.1) is 6.04 Å². The Hall–Kier alpha value is -1.33. The number of amides is 1. The van der Waals surface area contributed by atoms with E-state index in [4.69, 9.17) is 23.2 Å². The highest BCUT2D eigenvalue weighted by Crippen LogP contribution is 2.25. The van der Waals surface area contributed by atoms with Gasteiger partial charge in [-0.1, -0.05) is 35.3 Å². The van der Waals surface area contributed by atoms with Gasteiger partial charge in [-0.25, -0.2) is 0 Å². The molecule has 1 heterocycles. The fourth-order valence-corrected chi connectivity index (χ4v) is 3.55. The molecule has 6 heteroatoms. The molecule has 0 bridgehead atoms. The molecule has 0 aliphatic heterocycles. The highest BCUT2D eigenvalue weighted by atomic mass is 35.5. The molecule has 2 aromatic rings. The maximum Gasteiger partial charge on any atom is 0.244 e. The van der Waals surface area contributed by atoms with Crippen LogP contribution in [0, 0.1) is 0 Å². The van der Waals surface area contributed by atoms with Crippen molar-refractivity contribution in [1.29, 1.82) is 0 Å². The Morgan fingerprint density at radius 1 is 1.26 bits per heavy atom. The van der Waals surface area contributed by atoms with Gasteiger partial charge >= 0.3 is 0 Å². The third kappa shape index (κ3) is 5.08. The molecule has 1 aromatic carbocycles. The summed E-state index contributed by atoms with van der Waals surface area (Å²) in [6.45, 7) is 0.535. The number of carbonyl (C=O) groups is 1. The number of carbonyl (C=O) groups excluding carboxylic acids is 1. The van der Waals surface area contributed by atoms with Gasteiger partial charge in [-0.05, 0) is 43.8 Å². The third-order valence-electron chi connectivity index (χ3n) is 3.37. The van der Waals surface area contributed by atoms with Crippen LogP contribution in [0.4, 0.5) is 0 Å². The first kappa shape index (κ1) is 18.0. The molecule has 3 nitrogen and oxygen atoms in total. The van der Waals surface area contributed by atoms with E-state index in [0.29, 0.717) is 22.2 Å². The predicted octanol–water partition coefficient (Wildman–Crippen LogP) is 4.49. The van der Waals surface area contributed by atoms with E-state index in [-0.39, 0.29) is 11.9 Å². The average molecular weight is 369 g/mol. The standard InChI is InChI=1S/C17H18Cl2N2OS/c1-21(2)15(16-7-4-10-23-16)11-20-17(22)9-8-12-13(18)5-3-6-14(12)19/h3-10,15H,11H2,1-2H3,(H,20,22)/b9-8+. The summed E-state index contributed by atoms with van der Waals surface area (Å²) in [5.41, 5.74) is 0.647. The molecule has 0 radical (unpaired) electrons. The first-order valence-corrected chi connectivity index (χ1v) is 8.72. The normalized spacial score (nSPS) is 12.7. The second-order valence-electron chi connectivity index (χ2n) is 5.21. The van der Waals surface area contributed by atoms with Crippen molar-refractivity contribution >= 4 is 46.5 Å². The van der Waals surface area contributed by atoms with Gasteiger partial charge in [-0.3, -0.25) is 4.79 Å². The van der Waals surface area contributed by atoms with Gasteiger partial charge in [-0.2, -0.15) is 0 Å². The van der Waals surface area contributed by atoms with Gasteiger partial charge in [0.2, 0.25) is 5.91 Å². The van der Waals surface area contributed by atoms with Gasteiger partial charge in [0.1, 0.15) is 0 Å². The number of thiophene rings is 1. The van der Waals surface area contributed by atoms with E-state index in [1.54, 1.807) is 35.6 Å². The van der Waals surface area contributed by atoms with E-state index in [9.17, 15) is 4.79 Å². The largest absolute Gasteiger partial charge is 0.351 e. The number of halogens is 2. The molecule has 1 N–H and O–H groups in total. The van der Waals surface area contributed by atoms with Gasteiger partial charge in [0.15, 0.2) is 0 Å². The van der Waals surface area contributed by atoms with E-state index in [0.717, 1.165) is 0 Å². The Bertz CT molecular complexity index is 664. The van der Waals surface area contributed by atoms with Crippen molar-refractivity contribution in [1.82, 2.24) is 10.2 Å². The minimum atomic E-state index is -0.176. The van der Waals surface area contributed by atoms with E-state index in [1.165, 1.54) is 11.0 Å². The van der Waals surface area contributed by atoms with Crippen LogP contribution in [-0.2, 0) is 4.79 Å². The van der Waals surface area contributed by atoms with Gasteiger partial charge in [-0.15, -0.1) is 11.3 Å². The van der Waals surface area contributed by atoms with Gasteiger partial charge in [0, 0.05) is 33.1 Å². The molecule has 0 fully saturated rings. The van der Waals surface area contributed by atoms with Crippen molar-refractivity contribution in [3.05, 3.63) is 62.3 Å². The van der Waals surface area contributed by atoms with E-state index >= 15 is 0 Å². The Balaban J connectivity index is 1.98. The highest BCUT2D eigenvalue weighted by molar-refractivity contribution is 7.10. The molecule has 0 aliphatic rings. The van der Waals surface area contributed by atoms with Gasteiger partial charge in [0.25, 0.3) is 0 Å². The molecule has 23 heavy (non-hydrogen) atoms. The molecule has 1 aromatic heterocycles. The highest BCUT2D eigenvalue weighted by Gasteiger charge is 2.15. The lowest BCUT2D eigenvalue weighted by Crippen LogP contribution is -2.33. The minimum absolute atomic E-state index is 0.149. The second kappa shape index (κ2) is 8.50. The van der Waals surface area contributed by atoms with Crippen molar-refractivity contribution in [2.45, 2.75) is 6.04 Å². The van der Waals surface area contributed by atoms with Crippen LogP contribution in [-0.4, -0.2) is 31.4 Å².